The molecule has 1 aliphatic carbocycles. The summed E-state index contributed by atoms with van der Waals surface area (Å²) in [6, 6.07) is 1.30. The van der Waals surface area contributed by atoms with Crippen LogP contribution in [-0.4, -0.2) is 37.5 Å². The molecule has 0 bridgehead atoms. The fourth-order valence-corrected chi connectivity index (χ4v) is 2.75. The Bertz CT molecular complexity index is 194. The summed E-state index contributed by atoms with van der Waals surface area (Å²) in [5.41, 5.74) is 0. The SMILES string of the molecule is CC(C)OC1CCC(NC2CCOC2)CC1. The minimum absolute atomic E-state index is 0.373. The summed E-state index contributed by atoms with van der Waals surface area (Å²) < 4.78 is 11.2. The van der Waals surface area contributed by atoms with E-state index in [9.17, 15) is 0 Å². The Labute approximate surface area is 98.9 Å². The van der Waals surface area contributed by atoms with E-state index in [1.165, 1.54) is 32.1 Å². The number of hydrogen-bond acceptors (Lipinski definition) is 3. The van der Waals surface area contributed by atoms with Crippen molar-refractivity contribution >= 4 is 0 Å². The van der Waals surface area contributed by atoms with Crippen LogP contribution in [0.5, 0.6) is 0 Å². The van der Waals surface area contributed by atoms with Gasteiger partial charge >= 0.3 is 0 Å². The van der Waals surface area contributed by atoms with Gasteiger partial charge in [0.05, 0.1) is 18.8 Å². The molecule has 3 nitrogen and oxygen atoms in total. The summed E-state index contributed by atoms with van der Waals surface area (Å²) >= 11 is 0. The topological polar surface area (TPSA) is 30.5 Å². The Kier molecular flexibility index (Phi) is 4.62. The maximum atomic E-state index is 5.86. The average molecular weight is 227 g/mol. The van der Waals surface area contributed by atoms with Crippen LogP contribution in [0.1, 0.15) is 46.0 Å². The fourth-order valence-electron chi connectivity index (χ4n) is 2.75. The zero-order valence-corrected chi connectivity index (χ0v) is 10.6. The summed E-state index contributed by atoms with van der Waals surface area (Å²) in [6.45, 7) is 6.09. The van der Waals surface area contributed by atoms with Gasteiger partial charge in [0.1, 0.15) is 0 Å². The normalized spacial score (nSPS) is 35.8. The quantitative estimate of drug-likeness (QED) is 0.798. The van der Waals surface area contributed by atoms with Crippen molar-refractivity contribution in [1.82, 2.24) is 5.32 Å². The Balaban J connectivity index is 1.64. The molecule has 1 atom stereocenters. The van der Waals surface area contributed by atoms with Crippen LogP contribution in [0.2, 0.25) is 0 Å². The van der Waals surface area contributed by atoms with Gasteiger partial charge in [-0.05, 0) is 46.0 Å². The molecule has 94 valence electrons. The van der Waals surface area contributed by atoms with Crippen LogP contribution in [0.15, 0.2) is 0 Å². The summed E-state index contributed by atoms with van der Waals surface area (Å²) in [5.74, 6) is 0. The van der Waals surface area contributed by atoms with E-state index in [1.807, 2.05) is 0 Å². The van der Waals surface area contributed by atoms with Crippen LogP contribution in [0.4, 0.5) is 0 Å². The van der Waals surface area contributed by atoms with E-state index >= 15 is 0 Å². The number of nitrogens with one attached hydrogen (secondary N) is 1. The first-order valence-electron chi connectivity index (χ1n) is 6.73. The van der Waals surface area contributed by atoms with Gasteiger partial charge in [-0.3, -0.25) is 0 Å². The van der Waals surface area contributed by atoms with Gasteiger partial charge in [-0.1, -0.05) is 0 Å². The van der Waals surface area contributed by atoms with Gasteiger partial charge in [-0.15, -0.1) is 0 Å². The van der Waals surface area contributed by atoms with E-state index < -0.39 is 0 Å². The van der Waals surface area contributed by atoms with Gasteiger partial charge in [0.15, 0.2) is 0 Å². The molecule has 3 heteroatoms. The highest BCUT2D eigenvalue weighted by Crippen LogP contribution is 2.23. The molecule has 0 spiro atoms. The molecule has 0 radical (unpaired) electrons. The fraction of sp³-hybridized carbons (Fsp3) is 1.00. The van der Waals surface area contributed by atoms with E-state index in [0.717, 1.165) is 13.2 Å². The molecular weight excluding hydrogens is 202 g/mol. The molecule has 0 amide bonds. The zero-order chi connectivity index (χ0) is 11.4. The average Bonchev–Trinajstić information content (AvgIpc) is 2.73. The van der Waals surface area contributed by atoms with Crippen LogP contribution in [-0.2, 0) is 9.47 Å². The van der Waals surface area contributed by atoms with Gasteiger partial charge in [-0.25, -0.2) is 0 Å². The third-order valence-electron chi connectivity index (χ3n) is 3.54. The monoisotopic (exact) mass is 227 g/mol. The summed E-state index contributed by atoms with van der Waals surface area (Å²) in [7, 11) is 0. The smallest absolute Gasteiger partial charge is 0.0620 e. The molecular formula is C13H25NO2. The third kappa shape index (κ3) is 3.72. The lowest BCUT2D eigenvalue weighted by Crippen LogP contribution is -2.42. The van der Waals surface area contributed by atoms with Gasteiger partial charge in [0.25, 0.3) is 0 Å². The lowest BCUT2D eigenvalue weighted by Gasteiger charge is -2.31. The molecule has 0 aromatic heterocycles. The first-order valence-corrected chi connectivity index (χ1v) is 6.73. The van der Waals surface area contributed by atoms with Crippen LogP contribution in [0.3, 0.4) is 0 Å². The van der Waals surface area contributed by atoms with Crippen molar-refractivity contribution in [3.05, 3.63) is 0 Å². The van der Waals surface area contributed by atoms with Gasteiger partial charge in [0, 0.05) is 18.7 Å². The summed E-state index contributed by atoms with van der Waals surface area (Å²) in [4.78, 5) is 0. The maximum Gasteiger partial charge on any atom is 0.0620 e. The van der Waals surface area contributed by atoms with Gasteiger partial charge < -0.3 is 14.8 Å². The molecule has 2 aliphatic rings. The highest BCUT2D eigenvalue weighted by molar-refractivity contribution is 4.82. The first-order chi connectivity index (χ1) is 7.74. The van der Waals surface area contributed by atoms with Crippen LogP contribution in [0, 0.1) is 0 Å². The molecule has 0 aromatic carbocycles. The predicted molar refractivity (Wildman–Crippen MR) is 64.6 cm³/mol. The molecule has 1 heterocycles. The number of hydrogen-bond donors (Lipinski definition) is 1. The first kappa shape index (κ1) is 12.3. The Hall–Kier alpha value is -0.120. The lowest BCUT2D eigenvalue weighted by molar-refractivity contribution is -0.0168. The van der Waals surface area contributed by atoms with Crippen molar-refractivity contribution < 1.29 is 9.47 Å². The molecule has 1 N–H and O–H groups in total. The Morgan fingerprint density at radius 3 is 2.38 bits per heavy atom. The highest BCUT2D eigenvalue weighted by atomic mass is 16.5. The zero-order valence-electron chi connectivity index (χ0n) is 10.6. The summed E-state index contributed by atoms with van der Waals surface area (Å²) in [5, 5.41) is 3.71. The third-order valence-corrected chi connectivity index (χ3v) is 3.54. The molecule has 0 aromatic rings. The molecule has 1 aliphatic heterocycles. The second-order valence-electron chi connectivity index (χ2n) is 5.39. The van der Waals surface area contributed by atoms with Crippen molar-refractivity contribution in [2.24, 2.45) is 0 Å². The molecule has 1 saturated carbocycles. The molecule has 2 fully saturated rings. The number of ether oxygens (including phenoxy) is 2. The van der Waals surface area contributed by atoms with E-state index in [2.05, 4.69) is 19.2 Å². The van der Waals surface area contributed by atoms with Crippen LogP contribution >= 0.6 is 0 Å². The van der Waals surface area contributed by atoms with Crippen molar-refractivity contribution in [3.63, 3.8) is 0 Å². The van der Waals surface area contributed by atoms with Gasteiger partial charge in [0.2, 0.25) is 0 Å². The lowest BCUT2D eigenvalue weighted by atomic mass is 9.92. The molecule has 2 rings (SSSR count). The summed E-state index contributed by atoms with van der Waals surface area (Å²) in [6.07, 6.45) is 6.99. The minimum Gasteiger partial charge on any atom is -0.380 e. The highest BCUT2D eigenvalue weighted by Gasteiger charge is 2.25. The minimum atomic E-state index is 0.373. The maximum absolute atomic E-state index is 5.86. The Morgan fingerprint density at radius 1 is 1.06 bits per heavy atom. The van der Waals surface area contributed by atoms with Crippen molar-refractivity contribution in [2.75, 3.05) is 13.2 Å². The van der Waals surface area contributed by atoms with Crippen molar-refractivity contribution in [1.29, 1.82) is 0 Å². The van der Waals surface area contributed by atoms with Gasteiger partial charge in [-0.2, -0.15) is 0 Å². The second kappa shape index (κ2) is 5.99. The largest absolute Gasteiger partial charge is 0.380 e. The van der Waals surface area contributed by atoms with E-state index in [4.69, 9.17) is 9.47 Å². The second-order valence-corrected chi connectivity index (χ2v) is 5.39. The predicted octanol–water partition coefficient (Wildman–Crippen LogP) is 2.10. The molecule has 1 saturated heterocycles. The number of rotatable bonds is 4. The van der Waals surface area contributed by atoms with Crippen molar-refractivity contribution in [3.8, 4) is 0 Å². The molecule has 16 heavy (non-hydrogen) atoms. The van der Waals surface area contributed by atoms with E-state index in [0.29, 0.717) is 24.3 Å². The van der Waals surface area contributed by atoms with E-state index in [-0.39, 0.29) is 0 Å². The van der Waals surface area contributed by atoms with Crippen molar-refractivity contribution in [2.45, 2.75) is 70.2 Å². The van der Waals surface area contributed by atoms with E-state index in [1.54, 1.807) is 0 Å². The molecule has 1 unspecified atom stereocenters. The Morgan fingerprint density at radius 2 is 1.81 bits per heavy atom. The van der Waals surface area contributed by atoms with Crippen LogP contribution in [0.25, 0.3) is 0 Å². The standard InChI is InChI=1S/C13H25NO2/c1-10(2)16-13-5-3-11(4-6-13)14-12-7-8-15-9-12/h10-14H,3-9H2,1-2H3. The van der Waals surface area contributed by atoms with Crippen LogP contribution < -0.4 is 5.32 Å².